The first kappa shape index (κ1) is 22.8. The molecule has 0 aliphatic heterocycles. The SMILES string of the molecule is CC=C(C)C(=O)OC1C=C(CO)C(=O)C(C(CO)=C(C)C(=O)O)C1C(C)C. The number of ketones is 1. The number of rotatable bonds is 7. The minimum atomic E-state index is -1.24. The Kier molecular flexibility index (Phi) is 8.12. The summed E-state index contributed by atoms with van der Waals surface area (Å²) in [7, 11) is 0. The van der Waals surface area contributed by atoms with Gasteiger partial charge >= 0.3 is 11.9 Å². The highest BCUT2D eigenvalue weighted by molar-refractivity contribution is 6.02. The lowest BCUT2D eigenvalue weighted by Gasteiger charge is -2.39. The van der Waals surface area contributed by atoms with Gasteiger partial charge in [-0.3, -0.25) is 4.79 Å². The first-order valence-electron chi connectivity index (χ1n) is 8.84. The molecule has 150 valence electrons. The molecule has 0 fully saturated rings. The standard InChI is InChI=1S/C20H28O7/c1-6-11(4)20(26)27-15-7-13(8-21)18(23)17(16(15)10(2)3)14(9-22)12(5)19(24)25/h6-7,10,15-17,21-22H,8-9H2,1-5H3,(H,24,25). The van der Waals surface area contributed by atoms with E-state index < -0.39 is 48.9 Å². The number of allylic oxidation sites excluding steroid dienone is 1. The van der Waals surface area contributed by atoms with Crippen LogP contribution in [0.15, 0.2) is 34.4 Å². The van der Waals surface area contributed by atoms with Crippen LogP contribution in [0.3, 0.4) is 0 Å². The largest absolute Gasteiger partial charge is 0.478 e. The van der Waals surface area contributed by atoms with E-state index in [0.717, 1.165) is 0 Å². The van der Waals surface area contributed by atoms with Gasteiger partial charge in [-0.25, -0.2) is 9.59 Å². The Bertz CT molecular complexity index is 697. The molecule has 0 aromatic heterocycles. The van der Waals surface area contributed by atoms with E-state index in [1.54, 1.807) is 19.9 Å². The molecule has 1 aliphatic rings. The third kappa shape index (κ3) is 4.93. The van der Waals surface area contributed by atoms with Crippen molar-refractivity contribution in [1.29, 1.82) is 0 Å². The molecule has 0 saturated carbocycles. The lowest BCUT2D eigenvalue weighted by molar-refractivity contribution is -0.148. The fourth-order valence-electron chi connectivity index (χ4n) is 3.28. The van der Waals surface area contributed by atoms with Crippen LogP contribution >= 0.6 is 0 Å². The van der Waals surface area contributed by atoms with Crippen LogP contribution in [-0.2, 0) is 19.1 Å². The van der Waals surface area contributed by atoms with E-state index in [-0.39, 0.29) is 22.6 Å². The Morgan fingerprint density at radius 1 is 1.26 bits per heavy atom. The summed E-state index contributed by atoms with van der Waals surface area (Å²) in [4.78, 5) is 36.6. The number of aliphatic hydroxyl groups excluding tert-OH is 2. The van der Waals surface area contributed by atoms with E-state index in [9.17, 15) is 29.7 Å². The zero-order chi connectivity index (χ0) is 20.9. The Hall–Kier alpha value is -2.25. The van der Waals surface area contributed by atoms with E-state index in [1.807, 2.05) is 13.8 Å². The molecule has 0 bridgehead atoms. The minimum absolute atomic E-state index is 0.0389. The van der Waals surface area contributed by atoms with Gasteiger partial charge in [-0.15, -0.1) is 0 Å². The van der Waals surface area contributed by atoms with Crippen LogP contribution in [0.4, 0.5) is 0 Å². The number of carbonyl (C=O) groups is 3. The maximum Gasteiger partial charge on any atom is 0.333 e. The van der Waals surface area contributed by atoms with Crippen molar-refractivity contribution in [3.05, 3.63) is 34.4 Å². The molecule has 0 aromatic carbocycles. The van der Waals surface area contributed by atoms with Gasteiger partial charge in [-0.05, 0) is 38.3 Å². The molecule has 3 N–H and O–H groups in total. The first-order chi connectivity index (χ1) is 12.6. The molecule has 7 heteroatoms. The van der Waals surface area contributed by atoms with Crippen molar-refractivity contribution in [2.45, 2.75) is 40.7 Å². The van der Waals surface area contributed by atoms with Crippen molar-refractivity contribution in [3.8, 4) is 0 Å². The number of hydrogen-bond acceptors (Lipinski definition) is 6. The molecular weight excluding hydrogens is 352 g/mol. The summed E-state index contributed by atoms with van der Waals surface area (Å²) in [5, 5.41) is 28.7. The summed E-state index contributed by atoms with van der Waals surface area (Å²) in [5.41, 5.74) is 0.367. The van der Waals surface area contributed by atoms with Crippen LogP contribution in [0, 0.1) is 17.8 Å². The summed E-state index contributed by atoms with van der Waals surface area (Å²) in [6.45, 7) is 7.09. The average Bonchev–Trinajstić information content (AvgIpc) is 2.62. The van der Waals surface area contributed by atoms with Gasteiger partial charge in [0.2, 0.25) is 0 Å². The van der Waals surface area contributed by atoms with Crippen LogP contribution in [0.1, 0.15) is 34.6 Å². The van der Waals surface area contributed by atoms with Crippen molar-refractivity contribution < 1.29 is 34.4 Å². The van der Waals surface area contributed by atoms with Crippen molar-refractivity contribution in [2.24, 2.45) is 17.8 Å². The second-order valence-electron chi connectivity index (χ2n) is 6.97. The zero-order valence-electron chi connectivity index (χ0n) is 16.4. The molecule has 3 atom stereocenters. The van der Waals surface area contributed by atoms with E-state index in [2.05, 4.69) is 0 Å². The van der Waals surface area contributed by atoms with Gasteiger partial charge < -0.3 is 20.1 Å². The molecule has 0 spiro atoms. The first-order valence-corrected chi connectivity index (χ1v) is 8.84. The number of ether oxygens (including phenoxy) is 1. The summed E-state index contributed by atoms with van der Waals surface area (Å²) in [6.07, 6.45) is 2.19. The number of aliphatic carboxylic acids is 1. The lowest BCUT2D eigenvalue weighted by Crippen LogP contribution is -2.45. The Balaban J connectivity index is 3.55. The van der Waals surface area contributed by atoms with Gasteiger partial charge in [-0.1, -0.05) is 19.9 Å². The van der Waals surface area contributed by atoms with Crippen LogP contribution < -0.4 is 0 Å². The number of esters is 1. The second-order valence-corrected chi connectivity index (χ2v) is 6.97. The fourth-order valence-corrected chi connectivity index (χ4v) is 3.28. The predicted octanol–water partition coefficient (Wildman–Crippen LogP) is 1.65. The van der Waals surface area contributed by atoms with Crippen LogP contribution in [0.2, 0.25) is 0 Å². The molecule has 7 nitrogen and oxygen atoms in total. The highest BCUT2D eigenvalue weighted by Gasteiger charge is 2.45. The van der Waals surface area contributed by atoms with Gasteiger partial charge in [0.25, 0.3) is 0 Å². The summed E-state index contributed by atoms with van der Waals surface area (Å²) in [5.74, 6) is -4.00. The number of aliphatic hydroxyl groups is 2. The molecule has 0 aromatic rings. The Morgan fingerprint density at radius 3 is 2.26 bits per heavy atom. The van der Waals surface area contributed by atoms with E-state index in [4.69, 9.17) is 4.74 Å². The average molecular weight is 380 g/mol. The summed E-state index contributed by atoms with van der Waals surface area (Å²) < 4.78 is 5.56. The minimum Gasteiger partial charge on any atom is -0.478 e. The third-order valence-corrected chi connectivity index (χ3v) is 5.02. The molecule has 0 heterocycles. The number of Topliss-reactive ketones (excluding diaryl/α,β-unsaturated/α-hetero) is 1. The van der Waals surface area contributed by atoms with Crippen molar-refractivity contribution in [3.63, 3.8) is 0 Å². The Morgan fingerprint density at radius 2 is 1.85 bits per heavy atom. The molecule has 0 saturated heterocycles. The molecule has 0 amide bonds. The van der Waals surface area contributed by atoms with Crippen LogP contribution in [0.25, 0.3) is 0 Å². The number of carboxylic acids is 1. The summed E-state index contributed by atoms with van der Waals surface area (Å²) >= 11 is 0. The van der Waals surface area contributed by atoms with Crippen molar-refractivity contribution >= 4 is 17.7 Å². The quantitative estimate of drug-likeness (QED) is 0.453. The molecule has 1 rings (SSSR count). The van der Waals surface area contributed by atoms with Gasteiger partial charge in [0.05, 0.1) is 19.1 Å². The molecule has 0 radical (unpaired) electrons. The van der Waals surface area contributed by atoms with Crippen LogP contribution in [0.5, 0.6) is 0 Å². The molecule has 27 heavy (non-hydrogen) atoms. The number of hydrogen-bond donors (Lipinski definition) is 3. The van der Waals surface area contributed by atoms with Crippen molar-refractivity contribution in [2.75, 3.05) is 13.2 Å². The summed E-state index contributed by atoms with van der Waals surface area (Å²) in [6, 6.07) is 0. The molecule has 1 aliphatic carbocycles. The highest BCUT2D eigenvalue weighted by atomic mass is 16.5. The maximum atomic E-state index is 12.9. The van der Waals surface area contributed by atoms with Gasteiger partial charge in [-0.2, -0.15) is 0 Å². The van der Waals surface area contributed by atoms with E-state index in [1.165, 1.54) is 13.0 Å². The zero-order valence-corrected chi connectivity index (χ0v) is 16.4. The molecule has 3 unspecified atom stereocenters. The number of carboxylic acid groups (broad SMARTS) is 1. The fraction of sp³-hybridized carbons (Fsp3) is 0.550. The highest BCUT2D eigenvalue weighted by Crippen LogP contribution is 2.39. The lowest BCUT2D eigenvalue weighted by atomic mass is 9.68. The van der Waals surface area contributed by atoms with Gasteiger partial charge in [0, 0.05) is 22.6 Å². The van der Waals surface area contributed by atoms with E-state index >= 15 is 0 Å². The number of carbonyl (C=O) groups excluding carboxylic acids is 2. The van der Waals surface area contributed by atoms with Gasteiger partial charge in [0.1, 0.15) is 6.10 Å². The Labute approximate surface area is 159 Å². The van der Waals surface area contributed by atoms with Crippen LogP contribution in [-0.4, -0.2) is 52.4 Å². The monoisotopic (exact) mass is 380 g/mol. The smallest absolute Gasteiger partial charge is 0.333 e. The van der Waals surface area contributed by atoms with E-state index in [0.29, 0.717) is 5.57 Å². The third-order valence-electron chi connectivity index (χ3n) is 5.02. The predicted molar refractivity (Wildman–Crippen MR) is 98.7 cm³/mol. The molecular formula is C20H28O7. The second kappa shape index (κ2) is 9.62. The topological polar surface area (TPSA) is 121 Å². The maximum absolute atomic E-state index is 12.9. The van der Waals surface area contributed by atoms with Gasteiger partial charge in [0.15, 0.2) is 5.78 Å². The normalized spacial score (nSPS) is 24.4. The van der Waals surface area contributed by atoms with Crippen molar-refractivity contribution in [1.82, 2.24) is 0 Å².